The monoisotopic (exact) mass is 364 g/mol. The van der Waals surface area contributed by atoms with Crippen LogP contribution in [0.5, 0.6) is 0 Å². The van der Waals surface area contributed by atoms with E-state index in [0.29, 0.717) is 19.5 Å². The summed E-state index contributed by atoms with van der Waals surface area (Å²) < 4.78 is 24.4. The van der Waals surface area contributed by atoms with Crippen LogP contribution in [-0.2, 0) is 20.7 Å². The van der Waals surface area contributed by atoms with E-state index >= 15 is 0 Å². The molecule has 0 bridgehead atoms. The smallest absolute Gasteiger partial charge is 0.234 e. The van der Waals surface area contributed by atoms with Crippen LogP contribution < -0.4 is 5.32 Å². The van der Waals surface area contributed by atoms with Gasteiger partial charge < -0.3 is 14.8 Å². The molecule has 0 aromatic heterocycles. The lowest BCUT2D eigenvalue weighted by atomic mass is 10.1. The van der Waals surface area contributed by atoms with Gasteiger partial charge in [0.25, 0.3) is 0 Å². The zero-order valence-corrected chi connectivity index (χ0v) is 15.3. The molecule has 5 nitrogen and oxygen atoms in total. The highest BCUT2D eigenvalue weighted by molar-refractivity contribution is 5.78. The number of halogens is 1. The van der Waals surface area contributed by atoms with Gasteiger partial charge in [0.15, 0.2) is 0 Å². The number of ether oxygens (including phenoxy) is 2. The van der Waals surface area contributed by atoms with Crippen molar-refractivity contribution in [3.05, 3.63) is 35.6 Å². The van der Waals surface area contributed by atoms with Gasteiger partial charge in [0, 0.05) is 32.8 Å². The summed E-state index contributed by atoms with van der Waals surface area (Å²) in [5, 5.41) is 2.97. The molecule has 0 aliphatic carbocycles. The van der Waals surface area contributed by atoms with Crippen LogP contribution in [0, 0.1) is 5.82 Å². The van der Waals surface area contributed by atoms with E-state index < -0.39 is 0 Å². The fraction of sp³-hybridized carbons (Fsp3) is 0.650. The summed E-state index contributed by atoms with van der Waals surface area (Å²) >= 11 is 0. The minimum absolute atomic E-state index is 0.0168. The summed E-state index contributed by atoms with van der Waals surface area (Å²) in [4.78, 5) is 14.5. The van der Waals surface area contributed by atoms with Gasteiger partial charge in [-0.3, -0.25) is 9.69 Å². The molecule has 1 aromatic carbocycles. The lowest BCUT2D eigenvalue weighted by molar-refractivity contribution is -0.122. The second-order valence-corrected chi connectivity index (χ2v) is 7.19. The Labute approximate surface area is 154 Å². The van der Waals surface area contributed by atoms with Gasteiger partial charge in [-0.15, -0.1) is 0 Å². The van der Waals surface area contributed by atoms with Crippen molar-refractivity contribution in [1.29, 1.82) is 0 Å². The first-order chi connectivity index (χ1) is 12.7. The zero-order chi connectivity index (χ0) is 18.2. The van der Waals surface area contributed by atoms with Gasteiger partial charge in [-0.05, 0) is 49.8 Å². The minimum Gasteiger partial charge on any atom is -0.377 e. The van der Waals surface area contributed by atoms with Crippen LogP contribution in [0.3, 0.4) is 0 Å². The Balaban J connectivity index is 1.43. The highest BCUT2D eigenvalue weighted by Gasteiger charge is 2.25. The van der Waals surface area contributed by atoms with Gasteiger partial charge in [-0.1, -0.05) is 12.1 Å². The third-order valence-corrected chi connectivity index (χ3v) is 4.99. The van der Waals surface area contributed by atoms with Gasteiger partial charge in [-0.2, -0.15) is 0 Å². The van der Waals surface area contributed by atoms with Crippen molar-refractivity contribution < 1.29 is 18.7 Å². The number of nitrogens with zero attached hydrogens (tertiary/aromatic N) is 1. The van der Waals surface area contributed by atoms with Gasteiger partial charge in [0.1, 0.15) is 5.82 Å². The molecule has 2 saturated heterocycles. The van der Waals surface area contributed by atoms with Crippen molar-refractivity contribution in [3.8, 4) is 0 Å². The van der Waals surface area contributed by atoms with E-state index in [4.69, 9.17) is 9.47 Å². The highest BCUT2D eigenvalue weighted by Crippen LogP contribution is 2.17. The average Bonchev–Trinajstić information content (AvgIpc) is 3.31. The van der Waals surface area contributed by atoms with E-state index in [1.54, 1.807) is 12.1 Å². The van der Waals surface area contributed by atoms with E-state index in [1.807, 2.05) is 0 Å². The molecule has 26 heavy (non-hydrogen) atoms. The van der Waals surface area contributed by atoms with Crippen molar-refractivity contribution in [2.75, 3.05) is 39.4 Å². The van der Waals surface area contributed by atoms with Crippen LogP contribution in [0.1, 0.15) is 31.2 Å². The van der Waals surface area contributed by atoms with Gasteiger partial charge in [0.05, 0.1) is 18.8 Å². The predicted octanol–water partition coefficient (Wildman–Crippen LogP) is 2.14. The number of amides is 1. The Morgan fingerprint density at radius 2 is 1.69 bits per heavy atom. The number of rotatable bonds is 9. The van der Waals surface area contributed by atoms with E-state index in [0.717, 1.165) is 57.6 Å². The molecular weight excluding hydrogens is 335 g/mol. The van der Waals surface area contributed by atoms with E-state index in [-0.39, 0.29) is 23.9 Å². The molecule has 3 rings (SSSR count). The summed E-state index contributed by atoms with van der Waals surface area (Å²) in [5.41, 5.74) is 1.02. The van der Waals surface area contributed by atoms with E-state index in [1.165, 1.54) is 12.1 Å². The van der Waals surface area contributed by atoms with Crippen molar-refractivity contribution in [2.45, 2.75) is 44.3 Å². The highest BCUT2D eigenvalue weighted by atomic mass is 19.1. The molecule has 144 valence electrons. The largest absolute Gasteiger partial charge is 0.377 e. The predicted molar refractivity (Wildman–Crippen MR) is 97.5 cm³/mol. The third-order valence-electron chi connectivity index (χ3n) is 4.99. The molecule has 1 N–H and O–H groups in total. The quantitative estimate of drug-likeness (QED) is 0.729. The molecule has 0 saturated carbocycles. The molecule has 6 heteroatoms. The molecule has 0 radical (unpaired) electrons. The molecule has 0 spiro atoms. The van der Waals surface area contributed by atoms with Crippen molar-refractivity contribution in [1.82, 2.24) is 10.2 Å². The van der Waals surface area contributed by atoms with Crippen LogP contribution in [0.4, 0.5) is 4.39 Å². The maximum atomic E-state index is 12.9. The standard InChI is InChI=1S/C20H29FN2O3/c21-17-7-5-16(6-8-17)9-10-22-20(24)15-23(13-18-3-1-11-25-18)14-19-4-2-12-26-19/h5-8,18-19H,1-4,9-15H2,(H,22,24)/t18-,19-/m0/s1. The van der Waals surface area contributed by atoms with Crippen LogP contribution in [0.15, 0.2) is 24.3 Å². The van der Waals surface area contributed by atoms with Gasteiger partial charge in [0.2, 0.25) is 5.91 Å². The summed E-state index contributed by atoms with van der Waals surface area (Å²) in [5.74, 6) is -0.222. The second kappa shape index (κ2) is 10.00. The number of nitrogens with one attached hydrogen (secondary N) is 1. The molecule has 2 aliphatic heterocycles. The lowest BCUT2D eigenvalue weighted by Crippen LogP contribution is -2.44. The summed E-state index contributed by atoms with van der Waals surface area (Å²) in [6, 6.07) is 6.40. The molecule has 2 aliphatic rings. The van der Waals surface area contributed by atoms with Crippen LogP contribution in [0.2, 0.25) is 0 Å². The first kappa shape index (κ1) is 19.3. The SMILES string of the molecule is O=C(CN(C[C@@H]1CCCO1)C[C@@H]1CCCO1)NCCc1ccc(F)cc1. The molecule has 1 amide bonds. The Morgan fingerprint density at radius 1 is 1.08 bits per heavy atom. The fourth-order valence-electron chi connectivity index (χ4n) is 3.61. The number of carbonyl (C=O) groups excluding carboxylic acids is 1. The topological polar surface area (TPSA) is 50.8 Å². The zero-order valence-electron chi connectivity index (χ0n) is 15.3. The van der Waals surface area contributed by atoms with Crippen molar-refractivity contribution in [3.63, 3.8) is 0 Å². The van der Waals surface area contributed by atoms with Gasteiger partial charge >= 0.3 is 0 Å². The first-order valence-electron chi connectivity index (χ1n) is 9.66. The molecule has 1 aromatic rings. The number of hydrogen-bond donors (Lipinski definition) is 1. The molecular formula is C20H29FN2O3. The first-order valence-corrected chi connectivity index (χ1v) is 9.66. The second-order valence-electron chi connectivity index (χ2n) is 7.19. The summed E-state index contributed by atoms with van der Waals surface area (Å²) in [6.45, 7) is 4.13. The van der Waals surface area contributed by atoms with E-state index in [2.05, 4.69) is 10.2 Å². The lowest BCUT2D eigenvalue weighted by Gasteiger charge is -2.27. The van der Waals surface area contributed by atoms with Crippen LogP contribution in [0.25, 0.3) is 0 Å². The van der Waals surface area contributed by atoms with E-state index in [9.17, 15) is 9.18 Å². The maximum Gasteiger partial charge on any atom is 0.234 e. The molecule has 2 fully saturated rings. The van der Waals surface area contributed by atoms with Crippen molar-refractivity contribution in [2.24, 2.45) is 0 Å². The Hall–Kier alpha value is -1.50. The Morgan fingerprint density at radius 3 is 2.23 bits per heavy atom. The number of hydrogen-bond acceptors (Lipinski definition) is 4. The maximum absolute atomic E-state index is 12.9. The Kier molecular flexibility index (Phi) is 7.41. The Bertz CT molecular complexity index is 537. The normalized spacial score (nSPS) is 22.8. The van der Waals surface area contributed by atoms with Crippen LogP contribution >= 0.6 is 0 Å². The average molecular weight is 364 g/mol. The number of benzene rings is 1. The number of carbonyl (C=O) groups is 1. The molecule has 2 atom stereocenters. The molecule has 2 heterocycles. The fourth-order valence-corrected chi connectivity index (χ4v) is 3.61. The minimum atomic E-state index is -0.239. The molecule has 0 unspecified atom stereocenters. The van der Waals surface area contributed by atoms with Crippen LogP contribution in [-0.4, -0.2) is 62.4 Å². The van der Waals surface area contributed by atoms with Gasteiger partial charge in [-0.25, -0.2) is 4.39 Å². The van der Waals surface area contributed by atoms with Crippen molar-refractivity contribution >= 4 is 5.91 Å². The summed E-state index contributed by atoms with van der Waals surface area (Å²) in [7, 11) is 0. The third kappa shape index (κ3) is 6.34. The summed E-state index contributed by atoms with van der Waals surface area (Å²) in [6.07, 6.45) is 5.48.